The highest BCUT2D eigenvalue weighted by Gasteiger charge is 2.63. The number of fused-ring (bicyclic) bond motifs is 1. The van der Waals surface area contributed by atoms with Crippen molar-refractivity contribution in [1.82, 2.24) is 10.2 Å². The Kier molecular flexibility index (Phi) is 4.19. The van der Waals surface area contributed by atoms with Crippen molar-refractivity contribution in [3.63, 3.8) is 0 Å². The van der Waals surface area contributed by atoms with Gasteiger partial charge in [-0.2, -0.15) is 0 Å². The van der Waals surface area contributed by atoms with E-state index in [-0.39, 0.29) is 17.7 Å². The first-order valence-corrected chi connectivity index (χ1v) is 10.3. The average Bonchev–Trinajstić information content (AvgIpc) is 3.54. The molecule has 3 aliphatic carbocycles. The van der Waals surface area contributed by atoms with Crippen molar-refractivity contribution in [3.8, 4) is 0 Å². The fourth-order valence-electron chi connectivity index (χ4n) is 4.75. The lowest BCUT2D eigenvalue weighted by Crippen LogP contribution is -2.41. The Morgan fingerprint density at radius 3 is 2.62 bits per heavy atom. The summed E-state index contributed by atoms with van der Waals surface area (Å²) >= 11 is 0. The third-order valence-electron chi connectivity index (χ3n) is 6.92. The van der Waals surface area contributed by atoms with Crippen LogP contribution in [0.4, 0.5) is 8.78 Å². The Labute approximate surface area is 167 Å². The molecule has 0 bridgehead atoms. The van der Waals surface area contributed by atoms with Gasteiger partial charge in [0.2, 0.25) is 5.91 Å². The SMILES string of the molecule is O=C(NCC1CC12CCN(C(=O)C1CC1(F)F)CC2)c1cc2c(o1)C=CCC=C2. The lowest BCUT2D eigenvalue weighted by Gasteiger charge is -2.33. The number of nitrogens with zero attached hydrogens (tertiary/aromatic N) is 1. The first-order chi connectivity index (χ1) is 13.9. The zero-order chi connectivity index (χ0) is 20.2. The number of likely N-dealkylation sites (tertiary alicyclic amines) is 1. The quantitative estimate of drug-likeness (QED) is 0.835. The first kappa shape index (κ1) is 18.6. The maximum Gasteiger partial charge on any atom is 0.287 e. The molecule has 5 nitrogen and oxygen atoms in total. The third kappa shape index (κ3) is 3.40. The number of halogens is 2. The van der Waals surface area contributed by atoms with Gasteiger partial charge in [-0.1, -0.05) is 18.2 Å². The van der Waals surface area contributed by atoms with E-state index in [0.29, 0.717) is 37.1 Å². The summed E-state index contributed by atoms with van der Waals surface area (Å²) in [7, 11) is 0. The standard InChI is InChI=1S/C22H24F2N2O3/c23-22(24)12-16(22)20(28)26-8-6-21(7-9-26)11-15(21)13-25-19(27)18-10-14-4-2-1-3-5-17(14)29-18/h2-5,10,15-16H,1,6-9,11-13H2,(H,25,27). The van der Waals surface area contributed by atoms with Gasteiger partial charge in [0.05, 0.1) is 0 Å². The second-order valence-electron chi connectivity index (χ2n) is 8.79. The van der Waals surface area contributed by atoms with Gasteiger partial charge in [-0.05, 0) is 49.2 Å². The molecule has 1 aliphatic heterocycles. The van der Waals surface area contributed by atoms with Crippen LogP contribution in [0.2, 0.25) is 0 Å². The highest BCUT2D eigenvalue weighted by atomic mass is 19.3. The Hall–Kier alpha value is -2.44. The Balaban J connectivity index is 1.11. The second kappa shape index (κ2) is 6.54. The fourth-order valence-corrected chi connectivity index (χ4v) is 4.75. The molecule has 5 rings (SSSR count). The normalized spacial score (nSPS) is 28.0. The van der Waals surface area contributed by atoms with Crippen molar-refractivity contribution in [2.24, 2.45) is 17.3 Å². The van der Waals surface area contributed by atoms with Crippen molar-refractivity contribution >= 4 is 24.0 Å². The van der Waals surface area contributed by atoms with E-state index in [9.17, 15) is 18.4 Å². The van der Waals surface area contributed by atoms with Crippen LogP contribution in [-0.2, 0) is 4.79 Å². The molecule has 7 heteroatoms. The van der Waals surface area contributed by atoms with Gasteiger partial charge in [0.25, 0.3) is 11.8 Å². The van der Waals surface area contributed by atoms with Crippen LogP contribution in [0, 0.1) is 17.3 Å². The number of furan rings is 1. The van der Waals surface area contributed by atoms with Crippen molar-refractivity contribution in [2.75, 3.05) is 19.6 Å². The molecule has 0 aromatic carbocycles. The highest BCUT2D eigenvalue weighted by molar-refractivity contribution is 5.92. The molecule has 0 radical (unpaired) electrons. The van der Waals surface area contributed by atoms with Gasteiger partial charge >= 0.3 is 0 Å². The second-order valence-corrected chi connectivity index (χ2v) is 8.79. The predicted octanol–water partition coefficient (Wildman–Crippen LogP) is 3.72. The minimum atomic E-state index is -2.80. The number of hydrogen-bond donors (Lipinski definition) is 1. The Morgan fingerprint density at radius 1 is 1.17 bits per heavy atom. The molecular formula is C22H24F2N2O3. The number of hydrogen-bond acceptors (Lipinski definition) is 3. The van der Waals surface area contributed by atoms with E-state index in [2.05, 4.69) is 5.32 Å². The largest absolute Gasteiger partial charge is 0.451 e. The predicted molar refractivity (Wildman–Crippen MR) is 103 cm³/mol. The van der Waals surface area contributed by atoms with Crippen molar-refractivity contribution in [1.29, 1.82) is 0 Å². The topological polar surface area (TPSA) is 62.6 Å². The minimum absolute atomic E-state index is 0.141. The van der Waals surface area contributed by atoms with Gasteiger partial charge in [0.1, 0.15) is 11.7 Å². The summed E-state index contributed by atoms with van der Waals surface area (Å²) in [4.78, 5) is 26.2. The molecule has 2 amide bonds. The molecule has 4 aliphatic rings. The fraction of sp³-hybridized carbons (Fsp3) is 0.545. The molecule has 2 heterocycles. The molecule has 1 aromatic heterocycles. The zero-order valence-corrected chi connectivity index (χ0v) is 16.1. The van der Waals surface area contributed by atoms with Crippen molar-refractivity contribution in [3.05, 3.63) is 35.3 Å². The van der Waals surface area contributed by atoms with E-state index in [0.717, 1.165) is 31.2 Å². The van der Waals surface area contributed by atoms with E-state index in [1.54, 1.807) is 11.0 Å². The molecule has 29 heavy (non-hydrogen) atoms. The van der Waals surface area contributed by atoms with Crippen molar-refractivity contribution in [2.45, 2.75) is 38.0 Å². The van der Waals surface area contributed by atoms with Crippen LogP contribution < -0.4 is 5.32 Å². The van der Waals surface area contributed by atoms with Crippen LogP contribution >= 0.6 is 0 Å². The maximum atomic E-state index is 13.1. The number of nitrogens with one attached hydrogen (secondary N) is 1. The maximum absolute atomic E-state index is 13.1. The van der Waals surface area contributed by atoms with Gasteiger partial charge in [0, 0.05) is 31.6 Å². The molecular weight excluding hydrogens is 378 g/mol. The average molecular weight is 402 g/mol. The van der Waals surface area contributed by atoms with Gasteiger partial charge in [-0.25, -0.2) is 8.78 Å². The van der Waals surface area contributed by atoms with Crippen LogP contribution in [0.25, 0.3) is 12.2 Å². The number of allylic oxidation sites excluding steroid dienone is 2. The van der Waals surface area contributed by atoms with Gasteiger partial charge in [0.15, 0.2) is 5.76 Å². The summed E-state index contributed by atoms with van der Waals surface area (Å²) in [5.74, 6) is -3.12. The summed E-state index contributed by atoms with van der Waals surface area (Å²) in [5.41, 5.74) is 1.05. The van der Waals surface area contributed by atoms with E-state index in [1.165, 1.54) is 0 Å². The molecule has 2 atom stereocenters. The van der Waals surface area contributed by atoms with Crippen LogP contribution in [0.15, 0.2) is 22.6 Å². The summed E-state index contributed by atoms with van der Waals surface area (Å²) in [6, 6.07) is 1.76. The molecule has 1 saturated heterocycles. The molecule has 1 spiro atoms. The number of carbonyl (C=O) groups excluding carboxylic acids is 2. The molecule has 2 unspecified atom stereocenters. The summed E-state index contributed by atoms with van der Waals surface area (Å²) < 4.78 is 31.9. The van der Waals surface area contributed by atoms with Crippen LogP contribution in [-0.4, -0.2) is 42.3 Å². The number of amides is 2. The molecule has 2 saturated carbocycles. The van der Waals surface area contributed by atoms with Gasteiger partial charge in [-0.15, -0.1) is 0 Å². The smallest absolute Gasteiger partial charge is 0.287 e. The monoisotopic (exact) mass is 402 g/mol. The molecule has 154 valence electrons. The van der Waals surface area contributed by atoms with Crippen LogP contribution in [0.3, 0.4) is 0 Å². The van der Waals surface area contributed by atoms with E-state index in [1.807, 2.05) is 24.3 Å². The Morgan fingerprint density at radius 2 is 1.90 bits per heavy atom. The lowest BCUT2D eigenvalue weighted by atomic mass is 9.90. The van der Waals surface area contributed by atoms with Gasteiger partial charge < -0.3 is 14.6 Å². The van der Waals surface area contributed by atoms with E-state index < -0.39 is 17.7 Å². The number of carbonyl (C=O) groups is 2. The molecule has 1 aromatic rings. The number of piperidine rings is 1. The summed E-state index contributed by atoms with van der Waals surface area (Å²) in [6.07, 6.45) is 11.1. The molecule has 3 fully saturated rings. The van der Waals surface area contributed by atoms with E-state index in [4.69, 9.17) is 4.42 Å². The Bertz CT molecular complexity index is 880. The highest BCUT2D eigenvalue weighted by Crippen LogP contribution is 2.59. The molecule has 1 N–H and O–H groups in total. The zero-order valence-electron chi connectivity index (χ0n) is 16.1. The summed E-state index contributed by atoms with van der Waals surface area (Å²) in [5, 5.41) is 2.97. The minimum Gasteiger partial charge on any atom is -0.451 e. The number of rotatable bonds is 4. The first-order valence-electron chi connectivity index (χ1n) is 10.3. The number of alkyl halides is 2. The third-order valence-corrected chi connectivity index (χ3v) is 6.92. The van der Waals surface area contributed by atoms with E-state index >= 15 is 0 Å². The van der Waals surface area contributed by atoms with Crippen LogP contribution in [0.5, 0.6) is 0 Å². The lowest BCUT2D eigenvalue weighted by molar-refractivity contribution is -0.136. The van der Waals surface area contributed by atoms with Crippen LogP contribution in [0.1, 0.15) is 54.0 Å². The summed E-state index contributed by atoms with van der Waals surface area (Å²) in [6.45, 7) is 1.66. The van der Waals surface area contributed by atoms with Crippen molar-refractivity contribution < 1.29 is 22.8 Å². The van der Waals surface area contributed by atoms with Gasteiger partial charge in [-0.3, -0.25) is 9.59 Å².